The minimum Gasteiger partial charge on any atom is -0.368 e. The molecule has 3 aliphatic rings. The number of hydrogen-bond donors (Lipinski definition) is 1. The van der Waals surface area contributed by atoms with E-state index in [-0.39, 0.29) is 11.5 Å². The summed E-state index contributed by atoms with van der Waals surface area (Å²) >= 11 is 0. The van der Waals surface area contributed by atoms with Gasteiger partial charge in [-0.1, -0.05) is 0 Å². The number of aryl methyl sites for hydroxylation is 2. The van der Waals surface area contributed by atoms with Gasteiger partial charge in [0.2, 0.25) is 0 Å². The van der Waals surface area contributed by atoms with Gasteiger partial charge in [-0.2, -0.15) is 0 Å². The molecule has 0 radical (unpaired) electrons. The number of rotatable bonds is 2. The van der Waals surface area contributed by atoms with E-state index in [1.165, 1.54) is 0 Å². The molecule has 2 aromatic heterocycles. The van der Waals surface area contributed by atoms with Crippen LogP contribution in [0.4, 0.5) is 5.69 Å². The highest BCUT2D eigenvalue weighted by atomic mass is 16.2. The summed E-state index contributed by atoms with van der Waals surface area (Å²) in [5, 5.41) is 3.46. The highest BCUT2D eigenvalue weighted by molar-refractivity contribution is 5.94. The summed E-state index contributed by atoms with van der Waals surface area (Å²) in [6, 6.07) is 7.94. The van der Waals surface area contributed by atoms with Gasteiger partial charge in [-0.05, 0) is 57.0 Å². The zero-order valence-electron chi connectivity index (χ0n) is 17.7. The van der Waals surface area contributed by atoms with Crippen molar-refractivity contribution in [1.82, 2.24) is 19.8 Å². The maximum absolute atomic E-state index is 13.2. The fourth-order valence-electron chi connectivity index (χ4n) is 5.29. The third-order valence-electron chi connectivity index (χ3n) is 6.74. The third kappa shape index (κ3) is 3.41. The first kappa shape index (κ1) is 19.3. The van der Waals surface area contributed by atoms with Crippen molar-refractivity contribution in [2.24, 2.45) is 5.92 Å². The Morgan fingerprint density at radius 2 is 1.80 bits per heavy atom. The normalized spacial score (nSPS) is 23.3. The first-order valence-corrected chi connectivity index (χ1v) is 10.9. The number of pyridine rings is 2. The van der Waals surface area contributed by atoms with E-state index in [0.29, 0.717) is 37.0 Å². The van der Waals surface area contributed by atoms with Crippen LogP contribution in [0.1, 0.15) is 39.8 Å². The fraction of sp³-hybridized carbons (Fsp3) is 0.522. The SMILES string of the molecule is Cc1cc(N2CCN(C(=O)c3ccc4n(c3=O)C[C@@H]3CNC[C@H]4C3)CC2)cc(C)n1. The van der Waals surface area contributed by atoms with Crippen LogP contribution in [0.15, 0.2) is 29.1 Å². The molecular weight excluding hydrogens is 378 g/mol. The molecule has 7 heteroatoms. The first-order valence-electron chi connectivity index (χ1n) is 10.9. The number of fused-ring (bicyclic) bond motifs is 4. The number of piperidine rings is 1. The average molecular weight is 408 g/mol. The van der Waals surface area contributed by atoms with E-state index < -0.39 is 0 Å². The quantitative estimate of drug-likeness (QED) is 0.818. The van der Waals surface area contributed by atoms with Crippen LogP contribution in [0.25, 0.3) is 0 Å². The predicted molar refractivity (Wildman–Crippen MR) is 116 cm³/mol. The monoisotopic (exact) mass is 407 g/mol. The van der Waals surface area contributed by atoms with Crippen LogP contribution >= 0.6 is 0 Å². The van der Waals surface area contributed by atoms with E-state index in [4.69, 9.17) is 0 Å². The van der Waals surface area contributed by atoms with Gasteiger partial charge in [0.05, 0.1) is 0 Å². The molecule has 0 saturated carbocycles. The largest absolute Gasteiger partial charge is 0.368 e. The molecule has 5 heterocycles. The van der Waals surface area contributed by atoms with E-state index in [1.54, 1.807) is 6.07 Å². The Morgan fingerprint density at radius 1 is 1.07 bits per heavy atom. The number of nitrogens with one attached hydrogen (secondary N) is 1. The minimum absolute atomic E-state index is 0.114. The predicted octanol–water partition coefficient (Wildman–Crippen LogP) is 1.53. The Hall–Kier alpha value is -2.67. The molecule has 1 N–H and O–H groups in total. The molecule has 5 rings (SSSR count). The van der Waals surface area contributed by atoms with E-state index in [2.05, 4.69) is 27.3 Å². The number of carbonyl (C=O) groups excluding carboxylic acids is 1. The molecule has 1 amide bonds. The van der Waals surface area contributed by atoms with Gasteiger partial charge in [0.25, 0.3) is 11.5 Å². The standard InChI is InChI=1S/C23H29N5O2/c1-15-9-19(10-16(2)25-15)26-5-7-27(8-6-26)22(29)20-3-4-21-18-11-17(12-24-13-18)14-28(21)23(20)30/h3-4,9-10,17-18,24H,5-8,11-14H2,1-2H3/t17-,18+/m0/s1. The van der Waals surface area contributed by atoms with Crippen molar-refractivity contribution >= 4 is 11.6 Å². The van der Waals surface area contributed by atoms with Crippen molar-refractivity contribution in [1.29, 1.82) is 0 Å². The second-order valence-corrected chi connectivity index (χ2v) is 8.93. The fourth-order valence-corrected chi connectivity index (χ4v) is 5.29. The summed E-state index contributed by atoms with van der Waals surface area (Å²) in [6.45, 7) is 9.36. The van der Waals surface area contributed by atoms with Gasteiger partial charge < -0.3 is 19.7 Å². The van der Waals surface area contributed by atoms with Gasteiger partial charge >= 0.3 is 0 Å². The lowest BCUT2D eigenvalue weighted by Gasteiger charge is -2.38. The van der Waals surface area contributed by atoms with Gasteiger partial charge in [0.15, 0.2) is 0 Å². The first-order chi connectivity index (χ1) is 14.5. The molecular formula is C23H29N5O2. The molecule has 30 heavy (non-hydrogen) atoms. The number of amides is 1. The maximum atomic E-state index is 13.2. The number of hydrogen-bond acceptors (Lipinski definition) is 5. The van der Waals surface area contributed by atoms with Gasteiger partial charge in [0, 0.05) is 68.0 Å². The molecule has 3 aliphatic heterocycles. The zero-order valence-corrected chi connectivity index (χ0v) is 17.7. The van der Waals surface area contributed by atoms with Crippen molar-refractivity contribution in [3.8, 4) is 0 Å². The number of carbonyl (C=O) groups is 1. The number of aromatic nitrogens is 2. The molecule has 0 unspecified atom stereocenters. The van der Waals surface area contributed by atoms with Crippen LogP contribution in [0.2, 0.25) is 0 Å². The van der Waals surface area contributed by atoms with Crippen molar-refractivity contribution in [2.45, 2.75) is 32.7 Å². The number of piperazine rings is 1. The Labute approximate surface area is 176 Å². The second kappa shape index (κ2) is 7.54. The van der Waals surface area contributed by atoms with Gasteiger partial charge in [-0.25, -0.2) is 0 Å². The summed E-state index contributed by atoms with van der Waals surface area (Å²) in [7, 11) is 0. The van der Waals surface area contributed by atoms with Crippen LogP contribution in [-0.2, 0) is 6.54 Å². The molecule has 2 bridgehead atoms. The molecule has 2 aromatic rings. The van der Waals surface area contributed by atoms with Crippen LogP contribution in [0.5, 0.6) is 0 Å². The number of anilines is 1. The van der Waals surface area contributed by atoms with Crippen molar-refractivity contribution in [3.63, 3.8) is 0 Å². The lowest BCUT2D eigenvalue weighted by Crippen LogP contribution is -2.51. The molecule has 2 atom stereocenters. The summed E-state index contributed by atoms with van der Waals surface area (Å²) < 4.78 is 1.87. The van der Waals surface area contributed by atoms with Crippen LogP contribution in [0, 0.1) is 19.8 Å². The molecule has 0 aromatic carbocycles. The highest BCUT2D eigenvalue weighted by Gasteiger charge is 2.33. The van der Waals surface area contributed by atoms with Gasteiger partial charge in [-0.3, -0.25) is 14.6 Å². The van der Waals surface area contributed by atoms with Crippen molar-refractivity contribution < 1.29 is 4.79 Å². The Morgan fingerprint density at radius 3 is 2.53 bits per heavy atom. The second-order valence-electron chi connectivity index (χ2n) is 8.93. The van der Waals surface area contributed by atoms with Crippen LogP contribution in [-0.4, -0.2) is 59.6 Å². The molecule has 2 fully saturated rings. The molecule has 0 spiro atoms. The Balaban J connectivity index is 1.33. The molecule has 0 aliphatic carbocycles. The highest BCUT2D eigenvalue weighted by Crippen LogP contribution is 2.31. The van der Waals surface area contributed by atoms with E-state index in [0.717, 1.165) is 55.4 Å². The molecule has 158 valence electrons. The van der Waals surface area contributed by atoms with Crippen LogP contribution < -0.4 is 15.8 Å². The van der Waals surface area contributed by atoms with E-state index >= 15 is 0 Å². The lowest BCUT2D eigenvalue weighted by atomic mass is 9.84. The van der Waals surface area contributed by atoms with Crippen molar-refractivity contribution in [3.05, 3.63) is 57.3 Å². The lowest BCUT2D eigenvalue weighted by molar-refractivity contribution is 0.0743. The minimum atomic E-state index is -0.133. The summed E-state index contributed by atoms with van der Waals surface area (Å²) in [4.78, 5) is 34.9. The number of nitrogens with zero attached hydrogens (tertiary/aromatic N) is 4. The third-order valence-corrected chi connectivity index (χ3v) is 6.74. The molecule has 2 saturated heterocycles. The van der Waals surface area contributed by atoms with Gasteiger partial charge in [-0.15, -0.1) is 0 Å². The van der Waals surface area contributed by atoms with Crippen molar-refractivity contribution in [2.75, 3.05) is 44.2 Å². The average Bonchev–Trinajstić information content (AvgIpc) is 2.74. The Bertz CT molecular complexity index is 1020. The van der Waals surface area contributed by atoms with Gasteiger partial charge in [0.1, 0.15) is 5.56 Å². The summed E-state index contributed by atoms with van der Waals surface area (Å²) in [5.74, 6) is 0.728. The summed E-state index contributed by atoms with van der Waals surface area (Å²) in [5.41, 5.74) is 4.44. The topological polar surface area (TPSA) is 70.5 Å². The smallest absolute Gasteiger partial charge is 0.263 e. The summed E-state index contributed by atoms with van der Waals surface area (Å²) in [6.07, 6.45) is 1.13. The van der Waals surface area contributed by atoms with Crippen LogP contribution in [0.3, 0.4) is 0 Å². The van der Waals surface area contributed by atoms with E-state index in [9.17, 15) is 9.59 Å². The zero-order chi connectivity index (χ0) is 20.8. The van der Waals surface area contributed by atoms with E-state index in [1.807, 2.05) is 29.4 Å². The maximum Gasteiger partial charge on any atom is 0.263 e. The molecule has 7 nitrogen and oxygen atoms in total. The Kier molecular flexibility index (Phi) is 4.85.